The molecule has 28 heavy (non-hydrogen) atoms. The van der Waals surface area contributed by atoms with Crippen LogP contribution in [0.25, 0.3) is 5.69 Å². The number of halogens is 1. The lowest BCUT2D eigenvalue weighted by atomic mass is 10.1. The van der Waals surface area contributed by atoms with Crippen LogP contribution < -0.4 is 5.56 Å². The fourth-order valence-corrected chi connectivity index (χ4v) is 2.90. The first kappa shape index (κ1) is 19.2. The molecule has 0 fully saturated rings. The van der Waals surface area contributed by atoms with Crippen LogP contribution in [0.5, 0.6) is 5.88 Å². The van der Waals surface area contributed by atoms with E-state index in [2.05, 4.69) is 9.98 Å². The van der Waals surface area contributed by atoms with Crippen molar-refractivity contribution in [1.29, 1.82) is 0 Å². The summed E-state index contributed by atoms with van der Waals surface area (Å²) in [4.78, 5) is 30.0. The van der Waals surface area contributed by atoms with Crippen molar-refractivity contribution in [2.45, 2.75) is 6.92 Å². The topological polar surface area (TPSA) is 108 Å². The summed E-state index contributed by atoms with van der Waals surface area (Å²) in [6, 6.07) is 9.72. The molecule has 9 heteroatoms. The first-order chi connectivity index (χ1) is 13.3. The van der Waals surface area contributed by atoms with Crippen LogP contribution in [-0.2, 0) is 0 Å². The number of nitrogens with one attached hydrogen (secondary N) is 1. The first-order valence-electron chi connectivity index (χ1n) is 8.01. The van der Waals surface area contributed by atoms with Gasteiger partial charge in [0, 0.05) is 6.21 Å². The molecule has 0 aliphatic heterocycles. The monoisotopic (exact) mass is 399 g/mol. The van der Waals surface area contributed by atoms with Gasteiger partial charge in [-0.05, 0) is 61.1 Å². The zero-order valence-corrected chi connectivity index (χ0v) is 15.3. The van der Waals surface area contributed by atoms with Crippen LogP contribution in [0.15, 0.2) is 52.3 Å². The van der Waals surface area contributed by atoms with E-state index >= 15 is 0 Å². The highest BCUT2D eigenvalue weighted by Gasteiger charge is 2.14. The molecule has 1 aromatic heterocycles. The average Bonchev–Trinajstić information content (AvgIpc) is 2.63. The van der Waals surface area contributed by atoms with Crippen LogP contribution in [0, 0.1) is 17.5 Å². The summed E-state index contributed by atoms with van der Waals surface area (Å²) >= 11 is 5.09. The third-order valence-electron chi connectivity index (χ3n) is 4.07. The summed E-state index contributed by atoms with van der Waals surface area (Å²) < 4.78 is 14.3. The quantitative estimate of drug-likeness (QED) is 0.460. The summed E-state index contributed by atoms with van der Waals surface area (Å²) in [6.45, 7) is 1.59. The van der Waals surface area contributed by atoms with Crippen molar-refractivity contribution in [3.8, 4) is 11.6 Å². The summed E-state index contributed by atoms with van der Waals surface area (Å²) in [6.07, 6.45) is 1.12. The second-order valence-electron chi connectivity index (χ2n) is 5.82. The second-order valence-corrected chi connectivity index (χ2v) is 6.21. The predicted octanol–water partition coefficient (Wildman–Crippen LogP) is 3.50. The number of benzene rings is 2. The molecule has 2 aromatic carbocycles. The number of hydrogen-bond donors (Lipinski definition) is 3. The van der Waals surface area contributed by atoms with E-state index in [9.17, 15) is 24.2 Å². The van der Waals surface area contributed by atoms with Crippen molar-refractivity contribution in [3.63, 3.8) is 0 Å². The molecule has 0 spiro atoms. The van der Waals surface area contributed by atoms with Gasteiger partial charge in [-0.3, -0.25) is 19.3 Å². The molecule has 0 atom stereocenters. The molecule has 142 valence electrons. The van der Waals surface area contributed by atoms with Gasteiger partial charge in [-0.25, -0.2) is 9.18 Å². The largest absolute Gasteiger partial charge is 0.494 e. The third kappa shape index (κ3) is 3.60. The van der Waals surface area contributed by atoms with Crippen molar-refractivity contribution >= 4 is 30.1 Å². The van der Waals surface area contributed by atoms with E-state index in [-0.39, 0.29) is 15.9 Å². The van der Waals surface area contributed by atoms with Crippen molar-refractivity contribution in [2.24, 2.45) is 4.99 Å². The molecule has 0 aliphatic carbocycles. The Hall–Kier alpha value is -3.59. The molecule has 3 aromatic rings. The fraction of sp³-hybridized carbons (Fsp3) is 0.0526. The van der Waals surface area contributed by atoms with Crippen LogP contribution in [0.3, 0.4) is 0 Å². The Morgan fingerprint density at radius 3 is 2.57 bits per heavy atom. The van der Waals surface area contributed by atoms with E-state index in [1.54, 1.807) is 13.0 Å². The maximum absolute atomic E-state index is 13.2. The maximum Gasteiger partial charge on any atom is 0.336 e. The van der Waals surface area contributed by atoms with Crippen LogP contribution >= 0.6 is 12.2 Å². The van der Waals surface area contributed by atoms with E-state index < -0.39 is 23.2 Å². The molecule has 0 saturated carbocycles. The number of hydrogen-bond acceptors (Lipinski definition) is 5. The molecule has 0 aliphatic rings. The number of aliphatic imine (C=N–C) groups is 1. The molecule has 0 unspecified atom stereocenters. The van der Waals surface area contributed by atoms with Gasteiger partial charge in [0.15, 0.2) is 4.77 Å². The second kappa shape index (κ2) is 7.57. The lowest BCUT2D eigenvalue weighted by Crippen LogP contribution is -2.18. The summed E-state index contributed by atoms with van der Waals surface area (Å²) in [5, 5.41) is 19.7. The smallest absolute Gasteiger partial charge is 0.336 e. The molecule has 1 heterocycles. The number of carboxylic acid groups (broad SMARTS) is 1. The highest BCUT2D eigenvalue weighted by Crippen LogP contribution is 2.23. The minimum Gasteiger partial charge on any atom is -0.494 e. The van der Waals surface area contributed by atoms with Gasteiger partial charge in [-0.15, -0.1) is 0 Å². The number of carboxylic acids is 1. The molecule has 0 saturated heterocycles. The molecule has 3 rings (SSSR count). The number of carbonyl (C=O) groups is 1. The number of nitrogens with zero attached hydrogens (tertiary/aromatic N) is 2. The molecular formula is C19H14FN3O4S. The van der Waals surface area contributed by atoms with Gasteiger partial charge >= 0.3 is 5.97 Å². The van der Waals surface area contributed by atoms with Crippen LogP contribution in [-0.4, -0.2) is 31.9 Å². The maximum atomic E-state index is 13.2. The van der Waals surface area contributed by atoms with E-state index in [4.69, 9.17) is 12.2 Å². The Morgan fingerprint density at radius 2 is 1.93 bits per heavy atom. The molecular weight excluding hydrogens is 385 g/mol. The molecule has 0 radical (unpaired) electrons. The minimum absolute atomic E-state index is 0.0738. The van der Waals surface area contributed by atoms with Gasteiger partial charge in [-0.2, -0.15) is 0 Å². The van der Waals surface area contributed by atoms with Crippen molar-refractivity contribution in [3.05, 3.63) is 80.1 Å². The summed E-state index contributed by atoms with van der Waals surface area (Å²) in [7, 11) is 0. The number of aromatic carboxylic acids is 1. The minimum atomic E-state index is -1.10. The Bertz CT molecular complexity index is 1210. The predicted molar refractivity (Wildman–Crippen MR) is 104 cm³/mol. The van der Waals surface area contributed by atoms with Gasteiger partial charge < -0.3 is 10.2 Å². The summed E-state index contributed by atoms with van der Waals surface area (Å²) in [5.41, 5.74) is 0.312. The Balaban J connectivity index is 2.12. The fourth-order valence-electron chi connectivity index (χ4n) is 2.61. The van der Waals surface area contributed by atoms with Gasteiger partial charge in [0.25, 0.3) is 5.56 Å². The number of aromatic amines is 1. The van der Waals surface area contributed by atoms with Crippen molar-refractivity contribution in [1.82, 2.24) is 9.55 Å². The lowest BCUT2D eigenvalue weighted by Gasteiger charge is -2.11. The van der Waals surface area contributed by atoms with E-state index in [1.807, 2.05) is 0 Å². The molecule has 7 nitrogen and oxygen atoms in total. The number of aromatic nitrogens is 2. The lowest BCUT2D eigenvalue weighted by molar-refractivity contribution is 0.0696. The standard InChI is InChI=1S/C19H14FN3O4S/c1-10-13(18(26)27)3-2-4-15(10)21-9-14-16(24)22-19(28)23(17(14)25)12-7-5-11(20)6-8-12/h2-9,25H,1H3,(H,26,27)(H,22,24,28). The van der Waals surface area contributed by atoms with Crippen LogP contribution in [0.4, 0.5) is 10.1 Å². The van der Waals surface area contributed by atoms with E-state index in [0.29, 0.717) is 16.9 Å². The van der Waals surface area contributed by atoms with E-state index in [1.165, 1.54) is 36.4 Å². The Morgan fingerprint density at radius 1 is 1.25 bits per heavy atom. The molecule has 3 N–H and O–H groups in total. The Kier molecular flexibility index (Phi) is 5.18. The summed E-state index contributed by atoms with van der Waals surface area (Å²) in [5.74, 6) is -2.04. The Labute approximate surface area is 163 Å². The zero-order chi connectivity index (χ0) is 20.4. The number of H-pyrrole nitrogens is 1. The van der Waals surface area contributed by atoms with Crippen LogP contribution in [0.1, 0.15) is 21.5 Å². The third-order valence-corrected chi connectivity index (χ3v) is 4.36. The van der Waals surface area contributed by atoms with Crippen molar-refractivity contribution in [2.75, 3.05) is 0 Å². The number of aromatic hydroxyl groups is 1. The SMILES string of the molecule is Cc1c(N=Cc2c(O)n(-c3ccc(F)cc3)c(=S)[nH]c2=O)cccc1C(=O)O. The van der Waals surface area contributed by atoms with Gasteiger partial charge in [-0.1, -0.05) is 6.07 Å². The highest BCUT2D eigenvalue weighted by molar-refractivity contribution is 7.71. The normalized spacial score (nSPS) is 11.1. The van der Waals surface area contributed by atoms with Gasteiger partial charge in [0.1, 0.15) is 11.4 Å². The van der Waals surface area contributed by atoms with Crippen molar-refractivity contribution < 1.29 is 19.4 Å². The molecule has 0 bridgehead atoms. The van der Waals surface area contributed by atoms with E-state index in [0.717, 1.165) is 10.8 Å². The first-order valence-corrected chi connectivity index (χ1v) is 8.41. The van der Waals surface area contributed by atoms with Gasteiger partial charge in [0.2, 0.25) is 5.88 Å². The van der Waals surface area contributed by atoms with Gasteiger partial charge in [0.05, 0.1) is 16.9 Å². The zero-order valence-electron chi connectivity index (χ0n) is 14.5. The molecule has 0 amide bonds. The van der Waals surface area contributed by atoms with Crippen LogP contribution in [0.2, 0.25) is 0 Å². The highest BCUT2D eigenvalue weighted by atomic mass is 32.1. The number of rotatable bonds is 4. The average molecular weight is 399 g/mol.